The average molecular weight is 473 g/mol. The first-order chi connectivity index (χ1) is 15.3. The number of alkyl halides is 3. The van der Waals surface area contributed by atoms with Crippen LogP contribution in [0.4, 0.5) is 13.2 Å². The number of nitrogens with zero attached hydrogens (tertiary/aromatic N) is 2. The molecule has 2 aliphatic heterocycles. The predicted octanol–water partition coefficient (Wildman–Crippen LogP) is 0.995. The molecule has 0 aromatic heterocycles. The molecule has 0 aliphatic carbocycles. The third-order valence-electron chi connectivity index (χ3n) is 5.89. The summed E-state index contributed by atoms with van der Waals surface area (Å²) in [6, 6.07) is -1.49. The van der Waals surface area contributed by atoms with Crippen molar-refractivity contribution in [2.24, 2.45) is 11.3 Å². The molecular weight excluding hydrogens is 443 g/mol. The van der Waals surface area contributed by atoms with Gasteiger partial charge in [0.15, 0.2) is 0 Å². The lowest BCUT2D eigenvalue weighted by Crippen LogP contribution is -2.62. The Morgan fingerprint density at radius 3 is 2.36 bits per heavy atom. The molecule has 2 aliphatic rings. The molecule has 33 heavy (non-hydrogen) atoms. The molecule has 2 saturated heterocycles. The van der Waals surface area contributed by atoms with Gasteiger partial charge >= 0.3 is 12.1 Å². The van der Waals surface area contributed by atoms with Gasteiger partial charge in [-0.1, -0.05) is 20.8 Å². The van der Waals surface area contributed by atoms with Crippen molar-refractivity contribution in [3.05, 3.63) is 0 Å². The molecule has 2 heterocycles. The molecule has 0 saturated carbocycles. The highest BCUT2D eigenvalue weighted by Crippen LogP contribution is 2.27. The second-order valence-corrected chi connectivity index (χ2v) is 9.52. The fourth-order valence-electron chi connectivity index (χ4n) is 4.06. The van der Waals surface area contributed by atoms with E-state index in [1.807, 2.05) is 6.07 Å². The average Bonchev–Trinajstić information content (AvgIpc) is 3.13. The highest BCUT2D eigenvalue weighted by atomic mass is 19.4. The van der Waals surface area contributed by atoms with Crippen molar-refractivity contribution in [1.82, 2.24) is 20.9 Å². The SMILES string of the molecule is CC(C)(C)[C@H](NC(=O)C(F)(F)F)C(=O)N1CCCC[C@H]1C(=O)N[C@H](C#N)C[C@@H]1CCNC1=O. The molecule has 2 rings (SSSR count). The van der Waals surface area contributed by atoms with E-state index in [0.717, 1.165) is 0 Å². The number of hydrogen-bond donors (Lipinski definition) is 3. The maximum absolute atomic E-state index is 13.2. The maximum atomic E-state index is 13.2. The van der Waals surface area contributed by atoms with Crippen LogP contribution in [0.25, 0.3) is 0 Å². The molecule has 3 N–H and O–H groups in total. The van der Waals surface area contributed by atoms with Gasteiger partial charge in [0, 0.05) is 19.0 Å². The normalized spacial score (nSPS) is 23.2. The fourth-order valence-corrected chi connectivity index (χ4v) is 4.06. The number of nitrogens with one attached hydrogen (secondary N) is 3. The van der Waals surface area contributed by atoms with Gasteiger partial charge < -0.3 is 20.9 Å². The van der Waals surface area contributed by atoms with E-state index in [4.69, 9.17) is 0 Å². The van der Waals surface area contributed by atoms with E-state index in [0.29, 0.717) is 25.8 Å². The number of amides is 4. The number of carbonyl (C=O) groups is 4. The summed E-state index contributed by atoms with van der Waals surface area (Å²) in [7, 11) is 0. The molecule has 184 valence electrons. The van der Waals surface area contributed by atoms with Crippen LogP contribution >= 0.6 is 0 Å². The zero-order chi connectivity index (χ0) is 25.0. The van der Waals surface area contributed by atoms with E-state index < -0.39 is 53.4 Å². The van der Waals surface area contributed by atoms with Gasteiger partial charge in [0.05, 0.1) is 6.07 Å². The Kier molecular flexibility index (Phi) is 8.32. The third kappa shape index (κ3) is 6.82. The first-order valence-corrected chi connectivity index (χ1v) is 10.9. The van der Waals surface area contributed by atoms with E-state index in [2.05, 4.69) is 10.6 Å². The topological polar surface area (TPSA) is 131 Å². The summed E-state index contributed by atoms with van der Waals surface area (Å²) in [5, 5.41) is 16.4. The lowest BCUT2D eigenvalue weighted by molar-refractivity contribution is -0.176. The Labute approximate surface area is 190 Å². The minimum Gasteiger partial charge on any atom is -0.356 e. The number of likely N-dealkylation sites (tertiary alicyclic amines) is 1. The number of nitriles is 1. The van der Waals surface area contributed by atoms with Crippen molar-refractivity contribution >= 4 is 23.6 Å². The Balaban J connectivity index is 2.16. The van der Waals surface area contributed by atoms with E-state index in [1.165, 1.54) is 25.7 Å². The monoisotopic (exact) mass is 473 g/mol. The van der Waals surface area contributed by atoms with Crippen LogP contribution in [-0.4, -0.2) is 65.9 Å². The fraction of sp³-hybridized carbons (Fsp3) is 0.762. The molecule has 2 fully saturated rings. The first-order valence-electron chi connectivity index (χ1n) is 10.9. The third-order valence-corrected chi connectivity index (χ3v) is 5.89. The van der Waals surface area contributed by atoms with Crippen LogP contribution in [0.5, 0.6) is 0 Å². The summed E-state index contributed by atoms with van der Waals surface area (Å²) >= 11 is 0. The summed E-state index contributed by atoms with van der Waals surface area (Å²) in [6.45, 7) is 5.18. The first kappa shape index (κ1) is 26.4. The minimum absolute atomic E-state index is 0.126. The molecular formula is C21H30F3N5O4. The number of piperidine rings is 1. The molecule has 0 unspecified atom stereocenters. The number of hydrogen-bond acceptors (Lipinski definition) is 5. The highest BCUT2D eigenvalue weighted by Gasteiger charge is 2.46. The second-order valence-electron chi connectivity index (χ2n) is 9.52. The summed E-state index contributed by atoms with van der Waals surface area (Å²) in [5.74, 6) is -4.21. The van der Waals surface area contributed by atoms with Crippen LogP contribution in [0.15, 0.2) is 0 Å². The quantitative estimate of drug-likeness (QED) is 0.530. The van der Waals surface area contributed by atoms with Crippen molar-refractivity contribution in [3.63, 3.8) is 0 Å². The molecule has 9 nitrogen and oxygen atoms in total. The second kappa shape index (κ2) is 10.4. The van der Waals surface area contributed by atoms with Crippen LogP contribution in [0, 0.1) is 22.7 Å². The van der Waals surface area contributed by atoms with Crippen molar-refractivity contribution in [2.75, 3.05) is 13.1 Å². The van der Waals surface area contributed by atoms with E-state index >= 15 is 0 Å². The number of carbonyl (C=O) groups excluding carboxylic acids is 4. The van der Waals surface area contributed by atoms with Crippen LogP contribution < -0.4 is 16.0 Å². The molecule has 0 spiro atoms. The lowest BCUT2D eigenvalue weighted by Gasteiger charge is -2.40. The molecule has 4 amide bonds. The van der Waals surface area contributed by atoms with Crippen LogP contribution in [0.1, 0.15) is 52.9 Å². The lowest BCUT2D eigenvalue weighted by atomic mass is 9.84. The maximum Gasteiger partial charge on any atom is 0.471 e. The predicted molar refractivity (Wildman–Crippen MR) is 110 cm³/mol. The Morgan fingerprint density at radius 2 is 1.85 bits per heavy atom. The molecule has 0 aromatic carbocycles. The Bertz CT molecular complexity index is 818. The summed E-state index contributed by atoms with van der Waals surface area (Å²) < 4.78 is 38.5. The van der Waals surface area contributed by atoms with E-state index in [9.17, 15) is 37.6 Å². The summed E-state index contributed by atoms with van der Waals surface area (Å²) in [6.07, 6.45) is -3.06. The largest absolute Gasteiger partial charge is 0.471 e. The summed E-state index contributed by atoms with van der Waals surface area (Å²) in [4.78, 5) is 50.7. The van der Waals surface area contributed by atoms with Gasteiger partial charge in [0.1, 0.15) is 18.1 Å². The molecule has 12 heteroatoms. The van der Waals surface area contributed by atoms with Gasteiger partial charge in [-0.2, -0.15) is 18.4 Å². The van der Waals surface area contributed by atoms with Crippen LogP contribution in [-0.2, 0) is 19.2 Å². The minimum atomic E-state index is -5.16. The van der Waals surface area contributed by atoms with Gasteiger partial charge in [0.2, 0.25) is 17.7 Å². The summed E-state index contributed by atoms with van der Waals surface area (Å²) in [5.41, 5.74) is -1.05. The van der Waals surface area contributed by atoms with Gasteiger partial charge in [-0.3, -0.25) is 19.2 Å². The van der Waals surface area contributed by atoms with Crippen molar-refractivity contribution in [2.45, 2.75) is 77.2 Å². The number of rotatable bonds is 6. The molecule has 4 atom stereocenters. The van der Waals surface area contributed by atoms with E-state index in [-0.39, 0.29) is 25.3 Å². The van der Waals surface area contributed by atoms with Gasteiger partial charge in [-0.15, -0.1) is 0 Å². The zero-order valence-corrected chi connectivity index (χ0v) is 18.9. The van der Waals surface area contributed by atoms with Gasteiger partial charge in [-0.05, 0) is 37.5 Å². The van der Waals surface area contributed by atoms with Gasteiger partial charge in [0.25, 0.3) is 0 Å². The van der Waals surface area contributed by atoms with Crippen molar-refractivity contribution in [1.29, 1.82) is 5.26 Å². The van der Waals surface area contributed by atoms with Crippen molar-refractivity contribution < 1.29 is 32.3 Å². The zero-order valence-electron chi connectivity index (χ0n) is 18.9. The van der Waals surface area contributed by atoms with Gasteiger partial charge in [-0.25, -0.2) is 0 Å². The van der Waals surface area contributed by atoms with Crippen molar-refractivity contribution in [3.8, 4) is 6.07 Å². The van der Waals surface area contributed by atoms with E-state index in [1.54, 1.807) is 5.32 Å². The Hall–Kier alpha value is -2.84. The van der Waals surface area contributed by atoms with Crippen LogP contribution in [0.2, 0.25) is 0 Å². The van der Waals surface area contributed by atoms with Crippen LogP contribution in [0.3, 0.4) is 0 Å². The standard InChI is InChI=1S/C21H30F3N5O4/c1-20(2,3)15(28-19(33)21(22,23)24)18(32)29-9-5-4-6-14(29)17(31)27-13(11-25)10-12-7-8-26-16(12)30/h12-15H,4-10H2,1-3H3,(H,26,30)(H,27,31)(H,28,33)/t12-,13-,14-,15+/m0/s1. The number of halogens is 3. The highest BCUT2D eigenvalue weighted by molar-refractivity contribution is 5.94. The molecule has 0 aromatic rings. The smallest absolute Gasteiger partial charge is 0.356 e. The molecule has 0 bridgehead atoms. The Morgan fingerprint density at radius 1 is 1.18 bits per heavy atom. The molecule has 0 radical (unpaired) electrons.